The van der Waals surface area contributed by atoms with Gasteiger partial charge in [0.05, 0.1) is 32.7 Å². The Bertz CT molecular complexity index is 1450. The van der Waals surface area contributed by atoms with Crippen molar-refractivity contribution in [2.75, 3.05) is 20.3 Å². The molecule has 4 aromatic rings. The first-order valence-electron chi connectivity index (χ1n) is 11.3. The molecule has 1 heterocycles. The minimum atomic E-state index is -0.572. The van der Waals surface area contributed by atoms with Crippen LogP contribution in [0.25, 0.3) is 16.6 Å². The predicted octanol–water partition coefficient (Wildman–Crippen LogP) is 6.59. The largest absolute Gasteiger partial charge is 0.385 e. The van der Waals surface area contributed by atoms with E-state index in [1.165, 1.54) is 4.57 Å². The molecule has 6 nitrogen and oxygen atoms in total. The second kappa shape index (κ2) is 11.4. The van der Waals surface area contributed by atoms with Gasteiger partial charge in [0, 0.05) is 30.8 Å². The number of carbonyl (C=O) groups excluding carboxylic acids is 1. The van der Waals surface area contributed by atoms with Crippen LogP contribution in [0.15, 0.2) is 71.5 Å². The van der Waals surface area contributed by atoms with Crippen molar-refractivity contribution in [3.8, 4) is 5.69 Å². The lowest BCUT2D eigenvalue weighted by molar-refractivity contribution is 0.0657. The van der Waals surface area contributed by atoms with E-state index < -0.39 is 6.04 Å². The van der Waals surface area contributed by atoms with Crippen LogP contribution in [0, 0.1) is 0 Å². The van der Waals surface area contributed by atoms with E-state index in [9.17, 15) is 9.59 Å². The van der Waals surface area contributed by atoms with Gasteiger partial charge in [-0.15, -0.1) is 0 Å². The molecule has 0 bridgehead atoms. The lowest BCUT2D eigenvalue weighted by Gasteiger charge is -2.31. The van der Waals surface area contributed by atoms with Crippen LogP contribution < -0.4 is 5.56 Å². The Kier molecular flexibility index (Phi) is 8.32. The molecule has 0 radical (unpaired) electrons. The number of nitrogens with zero attached hydrogens (tertiary/aromatic N) is 3. The van der Waals surface area contributed by atoms with Gasteiger partial charge >= 0.3 is 0 Å². The first-order chi connectivity index (χ1) is 17.3. The van der Waals surface area contributed by atoms with Gasteiger partial charge in [0.25, 0.3) is 11.5 Å². The summed E-state index contributed by atoms with van der Waals surface area (Å²) < 4.78 is 6.76. The molecule has 0 aliphatic heterocycles. The minimum absolute atomic E-state index is 0.233. The number of aromatic nitrogens is 2. The monoisotopic (exact) mass is 543 g/mol. The van der Waals surface area contributed by atoms with E-state index in [1.807, 2.05) is 13.0 Å². The van der Waals surface area contributed by atoms with E-state index in [-0.39, 0.29) is 16.5 Å². The SMILES string of the molecule is COCCCN(C(=O)c1ccc(Cl)c(Cl)c1)C(C)c1nc2ccccc2c(=O)n1-c1ccc(Cl)cc1. The molecule has 0 saturated heterocycles. The molecule has 3 aromatic carbocycles. The molecule has 0 aliphatic rings. The summed E-state index contributed by atoms with van der Waals surface area (Å²) >= 11 is 18.4. The number of methoxy groups -OCH3 is 1. The Morgan fingerprint density at radius 2 is 1.75 bits per heavy atom. The zero-order valence-electron chi connectivity index (χ0n) is 19.7. The van der Waals surface area contributed by atoms with E-state index in [2.05, 4.69) is 0 Å². The number of halogens is 3. The standard InChI is InChI=1S/C27H24Cl3N3O3/c1-17(32(14-5-15-36-2)26(34)18-8-13-22(29)23(30)16-18)25-31-24-7-4-3-6-21(24)27(35)33(25)20-11-9-19(28)10-12-20/h3-4,6-13,16-17H,5,14-15H2,1-2H3. The molecule has 4 rings (SSSR count). The van der Waals surface area contributed by atoms with E-state index in [0.717, 1.165) is 0 Å². The van der Waals surface area contributed by atoms with Crippen molar-refractivity contribution in [2.45, 2.75) is 19.4 Å². The topological polar surface area (TPSA) is 64.4 Å². The highest BCUT2D eigenvalue weighted by molar-refractivity contribution is 6.42. The molecule has 1 aromatic heterocycles. The van der Waals surface area contributed by atoms with Crippen LogP contribution in [-0.4, -0.2) is 40.6 Å². The van der Waals surface area contributed by atoms with Gasteiger partial charge in [0.2, 0.25) is 0 Å². The molecule has 0 saturated carbocycles. The lowest BCUT2D eigenvalue weighted by atomic mass is 10.1. The number of ether oxygens (including phenoxy) is 1. The summed E-state index contributed by atoms with van der Waals surface area (Å²) in [5, 5.41) is 1.67. The van der Waals surface area contributed by atoms with Crippen LogP contribution in [0.2, 0.25) is 15.1 Å². The zero-order chi connectivity index (χ0) is 25.8. The summed E-state index contributed by atoms with van der Waals surface area (Å²) in [6.07, 6.45) is 0.590. The molecular weight excluding hydrogens is 521 g/mol. The predicted molar refractivity (Wildman–Crippen MR) is 145 cm³/mol. The molecule has 1 atom stereocenters. The minimum Gasteiger partial charge on any atom is -0.385 e. The molecular formula is C27H24Cl3N3O3. The van der Waals surface area contributed by atoms with Crippen molar-refractivity contribution in [3.05, 3.63) is 104 Å². The number of fused-ring (bicyclic) bond motifs is 1. The maximum Gasteiger partial charge on any atom is 0.266 e. The average molecular weight is 545 g/mol. The molecule has 0 aliphatic carbocycles. The lowest BCUT2D eigenvalue weighted by Crippen LogP contribution is -2.38. The fraction of sp³-hybridized carbons (Fsp3) is 0.222. The zero-order valence-corrected chi connectivity index (χ0v) is 22.0. The van der Waals surface area contributed by atoms with Gasteiger partial charge in [-0.25, -0.2) is 4.98 Å². The van der Waals surface area contributed by atoms with E-state index >= 15 is 0 Å². The number of amides is 1. The summed E-state index contributed by atoms with van der Waals surface area (Å²) in [5.41, 5.74) is 1.30. The van der Waals surface area contributed by atoms with Crippen molar-refractivity contribution in [1.29, 1.82) is 0 Å². The van der Waals surface area contributed by atoms with E-state index in [4.69, 9.17) is 44.5 Å². The third-order valence-electron chi connectivity index (χ3n) is 5.90. The maximum absolute atomic E-state index is 13.7. The Balaban J connectivity index is 1.88. The highest BCUT2D eigenvalue weighted by atomic mass is 35.5. The van der Waals surface area contributed by atoms with Gasteiger partial charge in [-0.05, 0) is 67.9 Å². The third kappa shape index (κ3) is 5.42. The van der Waals surface area contributed by atoms with Crippen LogP contribution in [0.4, 0.5) is 0 Å². The van der Waals surface area contributed by atoms with Gasteiger partial charge in [-0.1, -0.05) is 46.9 Å². The Morgan fingerprint density at radius 1 is 1.03 bits per heavy atom. The number of benzene rings is 3. The number of rotatable bonds is 8. The van der Waals surface area contributed by atoms with Gasteiger partial charge in [-0.2, -0.15) is 0 Å². The van der Waals surface area contributed by atoms with Gasteiger partial charge in [-0.3, -0.25) is 14.2 Å². The van der Waals surface area contributed by atoms with E-state index in [0.29, 0.717) is 57.6 Å². The first-order valence-corrected chi connectivity index (χ1v) is 12.5. The number of hydrogen-bond donors (Lipinski definition) is 0. The summed E-state index contributed by atoms with van der Waals surface area (Å²) in [6, 6.07) is 18.3. The van der Waals surface area contributed by atoms with Gasteiger partial charge in [0.1, 0.15) is 5.82 Å². The molecule has 0 spiro atoms. The third-order valence-corrected chi connectivity index (χ3v) is 6.89. The second-order valence-electron chi connectivity index (χ2n) is 8.25. The first kappa shape index (κ1) is 26.2. The summed E-state index contributed by atoms with van der Waals surface area (Å²) in [5.74, 6) is 0.161. The number of carbonyl (C=O) groups is 1. The fourth-order valence-electron chi connectivity index (χ4n) is 4.05. The molecule has 36 heavy (non-hydrogen) atoms. The fourth-order valence-corrected chi connectivity index (χ4v) is 4.48. The highest BCUT2D eigenvalue weighted by Gasteiger charge is 2.28. The quantitative estimate of drug-likeness (QED) is 0.235. The van der Waals surface area contributed by atoms with Crippen molar-refractivity contribution in [2.24, 2.45) is 0 Å². The Morgan fingerprint density at radius 3 is 2.44 bits per heavy atom. The van der Waals surface area contributed by atoms with Crippen molar-refractivity contribution in [3.63, 3.8) is 0 Å². The molecule has 1 amide bonds. The number of para-hydroxylation sites is 1. The molecule has 0 N–H and O–H groups in total. The average Bonchev–Trinajstić information content (AvgIpc) is 2.88. The van der Waals surface area contributed by atoms with Crippen LogP contribution in [0.1, 0.15) is 35.6 Å². The smallest absolute Gasteiger partial charge is 0.266 e. The number of hydrogen-bond acceptors (Lipinski definition) is 4. The van der Waals surface area contributed by atoms with Crippen LogP contribution in [0.5, 0.6) is 0 Å². The van der Waals surface area contributed by atoms with Gasteiger partial charge in [0.15, 0.2) is 0 Å². The Hall–Kier alpha value is -2.90. The van der Waals surface area contributed by atoms with Crippen molar-refractivity contribution >= 4 is 51.6 Å². The summed E-state index contributed by atoms with van der Waals surface area (Å²) in [7, 11) is 1.61. The van der Waals surface area contributed by atoms with Crippen molar-refractivity contribution in [1.82, 2.24) is 14.5 Å². The van der Waals surface area contributed by atoms with Crippen LogP contribution >= 0.6 is 34.8 Å². The van der Waals surface area contributed by atoms with Crippen LogP contribution in [0.3, 0.4) is 0 Å². The molecule has 0 fully saturated rings. The van der Waals surface area contributed by atoms with E-state index in [1.54, 1.807) is 72.7 Å². The van der Waals surface area contributed by atoms with Crippen LogP contribution in [-0.2, 0) is 4.74 Å². The summed E-state index contributed by atoms with van der Waals surface area (Å²) in [6.45, 7) is 2.69. The van der Waals surface area contributed by atoms with Gasteiger partial charge < -0.3 is 9.64 Å². The Labute approximate surface area is 224 Å². The molecule has 9 heteroatoms. The normalized spacial score (nSPS) is 12.0. The summed E-state index contributed by atoms with van der Waals surface area (Å²) in [4.78, 5) is 33.9. The highest BCUT2D eigenvalue weighted by Crippen LogP contribution is 2.28. The molecule has 1 unspecified atom stereocenters. The van der Waals surface area contributed by atoms with Crippen molar-refractivity contribution < 1.29 is 9.53 Å². The molecule has 186 valence electrons. The second-order valence-corrected chi connectivity index (χ2v) is 9.50. The maximum atomic E-state index is 13.7.